The molecule has 0 atom stereocenters. The van der Waals surface area contributed by atoms with E-state index in [2.05, 4.69) is 30.8 Å². The number of carbonyl (C=O) groups excluding carboxylic acids is 1. The van der Waals surface area contributed by atoms with Crippen LogP contribution in [0.2, 0.25) is 0 Å². The van der Waals surface area contributed by atoms with Gasteiger partial charge in [-0.3, -0.25) is 4.79 Å². The third-order valence-corrected chi connectivity index (χ3v) is 2.60. The van der Waals surface area contributed by atoms with Gasteiger partial charge in [-0.25, -0.2) is 0 Å². The Balaban J connectivity index is 2.17. The topological polar surface area (TPSA) is 20.3 Å². The Bertz CT molecular complexity index is 332. The molecule has 2 heteroatoms. The van der Waals surface area contributed by atoms with Gasteiger partial charge in [0.2, 0.25) is 5.91 Å². The highest BCUT2D eigenvalue weighted by molar-refractivity contribution is 5.86. The van der Waals surface area contributed by atoms with E-state index in [1.807, 2.05) is 13.1 Å². The van der Waals surface area contributed by atoms with Crippen LogP contribution in [0.1, 0.15) is 18.4 Å². The molecule has 1 aromatic rings. The zero-order chi connectivity index (χ0) is 11.8. The summed E-state index contributed by atoms with van der Waals surface area (Å²) in [4.78, 5) is 12.9. The summed E-state index contributed by atoms with van der Waals surface area (Å²) in [6.07, 6.45) is 4.58. The van der Waals surface area contributed by atoms with Crippen LogP contribution in [0, 0.1) is 0 Å². The lowest BCUT2D eigenvalue weighted by Gasteiger charge is -2.14. The maximum absolute atomic E-state index is 11.2. The van der Waals surface area contributed by atoms with Gasteiger partial charge in [-0.05, 0) is 30.9 Å². The molecule has 0 bridgehead atoms. The molecule has 0 saturated heterocycles. The van der Waals surface area contributed by atoms with Gasteiger partial charge in [0.1, 0.15) is 0 Å². The van der Waals surface area contributed by atoms with Gasteiger partial charge in [-0.1, -0.05) is 36.9 Å². The molecule has 0 aliphatic rings. The molecule has 1 aromatic carbocycles. The number of nitrogens with zero attached hydrogens (tertiary/aromatic N) is 1. The Morgan fingerprint density at radius 3 is 2.62 bits per heavy atom. The first kappa shape index (κ1) is 12.5. The van der Waals surface area contributed by atoms with Crippen LogP contribution >= 0.6 is 0 Å². The molecule has 1 rings (SSSR count). The summed E-state index contributed by atoms with van der Waals surface area (Å²) in [7, 11) is 1.81. The Morgan fingerprint density at radius 2 is 2.00 bits per heavy atom. The first-order valence-electron chi connectivity index (χ1n) is 5.65. The van der Waals surface area contributed by atoms with E-state index in [4.69, 9.17) is 0 Å². The molecule has 16 heavy (non-hydrogen) atoms. The number of rotatable bonds is 6. The number of aryl methyl sites for hydroxylation is 1. The second kappa shape index (κ2) is 6.83. The highest BCUT2D eigenvalue weighted by Gasteiger charge is 2.02. The molecule has 0 N–H and O–H groups in total. The summed E-state index contributed by atoms with van der Waals surface area (Å²) < 4.78 is 0. The van der Waals surface area contributed by atoms with Crippen molar-refractivity contribution in [3.8, 4) is 0 Å². The van der Waals surface area contributed by atoms with Gasteiger partial charge in [0.05, 0.1) is 0 Å². The highest BCUT2D eigenvalue weighted by atomic mass is 16.2. The monoisotopic (exact) mass is 217 g/mol. The van der Waals surface area contributed by atoms with E-state index < -0.39 is 0 Å². The lowest BCUT2D eigenvalue weighted by molar-refractivity contribution is -0.124. The lowest BCUT2D eigenvalue weighted by Crippen LogP contribution is -2.25. The van der Waals surface area contributed by atoms with E-state index in [1.54, 1.807) is 4.90 Å². The Labute approximate surface area is 97.6 Å². The molecule has 0 unspecified atom stereocenters. The number of unbranched alkanes of at least 4 members (excludes halogenated alkanes) is 1. The summed E-state index contributed by atoms with van der Waals surface area (Å²) in [6, 6.07) is 10.4. The van der Waals surface area contributed by atoms with E-state index in [0.717, 1.165) is 25.8 Å². The molecule has 1 amide bonds. The van der Waals surface area contributed by atoms with Crippen LogP contribution in [0.15, 0.2) is 43.0 Å². The maximum Gasteiger partial charge on any atom is 0.245 e. The van der Waals surface area contributed by atoms with E-state index >= 15 is 0 Å². The van der Waals surface area contributed by atoms with Crippen LogP contribution in [0.3, 0.4) is 0 Å². The van der Waals surface area contributed by atoms with Crippen LogP contribution in [-0.4, -0.2) is 24.4 Å². The van der Waals surface area contributed by atoms with Crippen molar-refractivity contribution in [2.24, 2.45) is 0 Å². The summed E-state index contributed by atoms with van der Waals surface area (Å²) in [5.41, 5.74) is 1.36. The first-order valence-corrected chi connectivity index (χ1v) is 5.65. The van der Waals surface area contributed by atoms with E-state index in [1.165, 1.54) is 11.6 Å². The third kappa shape index (κ3) is 4.30. The van der Waals surface area contributed by atoms with Gasteiger partial charge >= 0.3 is 0 Å². The minimum Gasteiger partial charge on any atom is -0.342 e. The van der Waals surface area contributed by atoms with Crippen LogP contribution in [0.4, 0.5) is 0 Å². The maximum atomic E-state index is 11.2. The van der Waals surface area contributed by atoms with Crippen LogP contribution < -0.4 is 0 Å². The molecule has 0 aromatic heterocycles. The average molecular weight is 217 g/mol. The van der Waals surface area contributed by atoms with Crippen LogP contribution in [0.5, 0.6) is 0 Å². The Kier molecular flexibility index (Phi) is 5.34. The average Bonchev–Trinajstić information content (AvgIpc) is 2.34. The van der Waals surface area contributed by atoms with Crippen LogP contribution in [0.25, 0.3) is 0 Å². The lowest BCUT2D eigenvalue weighted by atomic mass is 10.1. The quantitative estimate of drug-likeness (QED) is 0.530. The smallest absolute Gasteiger partial charge is 0.245 e. The van der Waals surface area contributed by atoms with Gasteiger partial charge in [0, 0.05) is 13.6 Å². The number of hydrogen-bond donors (Lipinski definition) is 0. The van der Waals surface area contributed by atoms with E-state index in [9.17, 15) is 4.79 Å². The molecule has 0 heterocycles. The second-order valence-electron chi connectivity index (χ2n) is 3.91. The molecular weight excluding hydrogens is 198 g/mol. The number of carbonyl (C=O) groups is 1. The minimum absolute atomic E-state index is 0.000267. The van der Waals surface area contributed by atoms with Crippen molar-refractivity contribution in [1.82, 2.24) is 4.90 Å². The van der Waals surface area contributed by atoms with Crippen molar-refractivity contribution in [2.75, 3.05) is 13.6 Å². The predicted molar refractivity (Wildman–Crippen MR) is 67.2 cm³/mol. The van der Waals surface area contributed by atoms with Crippen LogP contribution in [-0.2, 0) is 11.2 Å². The Morgan fingerprint density at radius 1 is 1.31 bits per heavy atom. The van der Waals surface area contributed by atoms with Gasteiger partial charge < -0.3 is 4.90 Å². The number of likely N-dealkylation sites (N-methyl/N-ethyl adjacent to an activating group) is 1. The second-order valence-corrected chi connectivity index (χ2v) is 3.91. The fraction of sp³-hybridized carbons (Fsp3) is 0.357. The van der Waals surface area contributed by atoms with Crippen molar-refractivity contribution in [3.05, 3.63) is 48.6 Å². The zero-order valence-electron chi connectivity index (χ0n) is 9.86. The number of benzene rings is 1. The summed E-state index contributed by atoms with van der Waals surface area (Å²) in [5, 5.41) is 0. The summed E-state index contributed by atoms with van der Waals surface area (Å²) in [5.74, 6) is -0.000267. The first-order chi connectivity index (χ1) is 7.74. The number of amides is 1. The molecule has 2 nitrogen and oxygen atoms in total. The third-order valence-electron chi connectivity index (χ3n) is 2.60. The predicted octanol–water partition coefficient (Wildman–Crippen LogP) is 2.65. The largest absolute Gasteiger partial charge is 0.342 e. The molecule has 0 spiro atoms. The molecule has 0 fully saturated rings. The minimum atomic E-state index is -0.000267. The SMILES string of the molecule is C=CC(=O)N(C)CCCCc1ccccc1. The fourth-order valence-corrected chi connectivity index (χ4v) is 1.59. The van der Waals surface area contributed by atoms with Gasteiger partial charge in [0.15, 0.2) is 0 Å². The standard InChI is InChI=1S/C14H19NO/c1-3-14(16)15(2)12-8-7-11-13-9-5-4-6-10-13/h3-6,9-10H,1,7-8,11-12H2,2H3. The summed E-state index contributed by atoms with van der Waals surface area (Å²) in [6.45, 7) is 4.27. The van der Waals surface area contributed by atoms with Crippen molar-refractivity contribution in [2.45, 2.75) is 19.3 Å². The molecule has 0 aliphatic heterocycles. The van der Waals surface area contributed by atoms with Gasteiger partial charge in [-0.15, -0.1) is 0 Å². The summed E-state index contributed by atoms with van der Waals surface area (Å²) >= 11 is 0. The highest BCUT2D eigenvalue weighted by Crippen LogP contribution is 2.04. The van der Waals surface area contributed by atoms with E-state index in [-0.39, 0.29) is 5.91 Å². The Hall–Kier alpha value is -1.57. The number of hydrogen-bond acceptors (Lipinski definition) is 1. The van der Waals surface area contributed by atoms with Crippen molar-refractivity contribution in [3.63, 3.8) is 0 Å². The van der Waals surface area contributed by atoms with Gasteiger partial charge in [-0.2, -0.15) is 0 Å². The normalized spacial score (nSPS) is 9.81. The molecular formula is C14H19NO. The molecule has 0 aliphatic carbocycles. The zero-order valence-corrected chi connectivity index (χ0v) is 9.86. The molecule has 0 radical (unpaired) electrons. The molecule has 86 valence electrons. The molecule has 0 saturated carbocycles. The fourth-order valence-electron chi connectivity index (χ4n) is 1.59. The van der Waals surface area contributed by atoms with E-state index in [0.29, 0.717) is 0 Å². The van der Waals surface area contributed by atoms with Gasteiger partial charge in [0.25, 0.3) is 0 Å². The van der Waals surface area contributed by atoms with Crippen molar-refractivity contribution < 1.29 is 4.79 Å². The van der Waals surface area contributed by atoms with Crippen molar-refractivity contribution >= 4 is 5.91 Å². The van der Waals surface area contributed by atoms with Crippen molar-refractivity contribution in [1.29, 1.82) is 0 Å².